The quantitative estimate of drug-likeness (QED) is 0.554. The minimum atomic E-state index is -0.471. The average molecular weight is 223 g/mol. The van der Waals surface area contributed by atoms with Gasteiger partial charge >= 0.3 is 5.97 Å². The van der Waals surface area contributed by atoms with Crippen molar-refractivity contribution in [3.05, 3.63) is 24.0 Å². The van der Waals surface area contributed by atoms with E-state index in [1.54, 1.807) is 13.0 Å². The number of ether oxygens (including phenoxy) is 2. The lowest BCUT2D eigenvalue weighted by Gasteiger charge is -2.08. The lowest BCUT2D eigenvalue weighted by Crippen LogP contribution is -2.15. The molecule has 5 heteroatoms. The summed E-state index contributed by atoms with van der Waals surface area (Å²) in [6, 6.07) is 1.54. The van der Waals surface area contributed by atoms with E-state index < -0.39 is 5.97 Å². The maximum atomic E-state index is 11.2. The smallest absolute Gasteiger partial charge is 0.344 e. The van der Waals surface area contributed by atoms with E-state index in [-0.39, 0.29) is 12.4 Å². The minimum Gasteiger partial charge on any atom is -0.480 e. The molecule has 1 rings (SSSR count). The van der Waals surface area contributed by atoms with Crippen LogP contribution < -0.4 is 4.74 Å². The molecule has 1 aromatic rings. The molecule has 0 radical (unpaired) electrons. The molecule has 0 saturated heterocycles. The van der Waals surface area contributed by atoms with Gasteiger partial charge in [0.05, 0.1) is 18.4 Å². The first-order valence-corrected chi connectivity index (χ1v) is 4.88. The summed E-state index contributed by atoms with van der Waals surface area (Å²) in [5.41, 5.74) is 0.402. The highest BCUT2D eigenvalue weighted by molar-refractivity contribution is 5.96. The third-order valence-corrected chi connectivity index (χ3v) is 1.81. The Bertz CT molecular complexity index is 389. The van der Waals surface area contributed by atoms with Crippen molar-refractivity contribution in [3.63, 3.8) is 0 Å². The van der Waals surface area contributed by atoms with E-state index >= 15 is 0 Å². The molecule has 0 saturated carbocycles. The monoisotopic (exact) mass is 223 g/mol. The number of ketones is 1. The first-order chi connectivity index (χ1) is 7.65. The Morgan fingerprint density at radius 2 is 2.19 bits per heavy atom. The summed E-state index contributed by atoms with van der Waals surface area (Å²) in [7, 11) is 0. The molecule has 1 aromatic heterocycles. The highest BCUT2D eigenvalue weighted by Gasteiger charge is 2.10. The van der Waals surface area contributed by atoms with Crippen LogP contribution in [0.1, 0.15) is 24.2 Å². The minimum absolute atomic E-state index is 0.138. The maximum absolute atomic E-state index is 11.2. The SMILES string of the molecule is CCOC(=O)COc1cnccc1C(C)=O. The molecule has 86 valence electrons. The number of hydrogen-bond donors (Lipinski definition) is 0. The van der Waals surface area contributed by atoms with E-state index in [0.717, 1.165) is 0 Å². The zero-order valence-corrected chi connectivity index (χ0v) is 9.23. The second-order valence-corrected chi connectivity index (χ2v) is 3.02. The van der Waals surface area contributed by atoms with Crippen LogP contribution in [0.3, 0.4) is 0 Å². The second-order valence-electron chi connectivity index (χ2n) is 3.02. The van der Waals surface area contributed by atoms with Gasteiger partial charge in [-0.15, -0.1) is 0 Å². The third-order valence-electron chi connectivity index (χ3n) is 1.81. The van der Waals surface area contributed by atoms with Crippen molar-refractivity contribution in [1.29, 1.82) is 0 Å². The number of Topliss-reactive ketones (excluding diaryl/α,β-unsaturated/α-hetero) is 1. The average Bonchev–Trinajstić information content (AvgIpc) is 2.27. The van der Waals surface area contributed by atoms with E-state index in [0.29, 0.717) is 17.9 Å². The van der Waals surface area contributed by atoms with Crippen molar-refractivity contribution in [1.82, 2.24) is 4.98 Å². The molecule has 0 aromatic carbocycles. The third kappa shape index (κ3) is 3.34. The van der Waals surface area contributed by atoms with Gasteiger partial charge in [0.1, 0.15) is 5.75 Å². The number of nitrogens with zero attached hydrogens (tertiary/aromatic N) is 1. The number of esters is 1. The number of pyridine rings is 1. The largest absolute Gasteiger partial charge is 0.480 e. The molecule has 0 spiro atoms. The van der Waals surface area contributed by atoms with Gasteiger partial charge in [0.2, 0.25) is 0 Å². The van der Waals surface area contributed by atoms with Gasteiger partial charge in [0, 0.05) is 6.20 Å². The molecular formula is C11H13NO4. The molecular weight excluding hydrogens is 210 g/mol. The van der Waals surface area contributed by atoms with Gasteiger partial charge in [0.25, 0.3) is 0 Å². The summed E-state index contributed by atoms with van der Waals surface area (Å²) in [5, 5.41) is 0. The Morgan fingerprint density at radius 3 is 2.81 bits per heavy atom. The fourth-order valence-electron chi connectivity index (χ4n) is 1.13. The van der Waals surface area contributed by atoms with Gasteiger partial charge in [-0.05, 0) is 19.9 Å². The van der Waals surface area contributed by atoms with Crippen LogP contribution in [-0.2, 0) is 9.53 Å². The van der Waals surface area contributed by atoms with Crippen LogP contribution in [0.2, 0.25) is 0 Å². The van der Waals surface area contributed by atoms with Gasteiger partial charge in [0.15, 0.2) is 12.4 Å². The van der Waals surface area contributed by atoms with Gasteiger partial charge in [-0.25, -0.2) is 4.79 Å². The first-order valence-electron chi connectivity index (χ1n) is 4.88. The zero-order valence-electron chi connectivity index (χ0n) is 9.23. The summed E-state index contributed by atoms with van der Waals surface area (Å²) in [6.07, 6.45) is 2.89. The molecule has 0 aliphatic heterocycles. The van der Waals surface area contributed by atoms with Crippen molar-refractivity contribution in [2.45, 2.75) is 13.8 Å². The highest BCUT2D eigenvalue weighted by Crippen LogP contribution is 2.16. The molecule has 16 heavy (non-hydrogen) atoms. The molecule has 0 unspecified atom stereocenters. The number of hydrogen-bond acceptors (Lipinski definition) is 5. The molecule has 0 amide bonds. The van der Waals surface area contributed by atoms with Crippen molar-refractivity contribution in [3.8, 4) is 5.75 Å². The van der Waals surface area contributed by atoms with E-state index in [9.17, 15) is 9.59 Å². The second kappa shape index (κ2) is 5.85. The topological polar surface area (TPSA) is 65.5 Å². The standard InChI is InChI=1S/C11H13NO4/c1-3-15-11(14)7-16-10-6-12-5-4-9(10)8(2)13/h4-6H,3,7H2,1-2H3. The fourth-order valence-corrected chi connectivity index (χ4v) is 1.13. The molecule has 1 heterocycles. The molecule has 0 aliphatic carbocycles. The Labute approximate surface area is 93.4 Å². The number of carbonyl (C=O) groups is 2. The van der Waals surface area contributed by atoms with E-state index in [4.69, 9.17) is 9.47 Å². The lowest BCUT2D eigenvalue weighted by atomic mass is 10.2. The maximum Gasteiger partial charge on any atom is 0.344 e. The van der Waals surface area contributed by atoms with Crippen molar-refractivity contribution >= 4 is 11.8 Å². The van der Waals surface area contributed by atoms with Crippen molar-refractivity contribution in [2.75, 3.05) is 13.2 Å². The Hall–Kier alpha value is -1.91. The summed E-state index contributed by atoms with van der Waals surface area (Å²) in [5.74, 6) is -0.315. The number of aromatic nitrogens is 1. The van der Waals surface area contributed by atoms with Gasteiger partial charge in [-0.2, -0.15) is 0 Å². The summed E-state index contributed by atoms with van der Waals surface area (Å²) in [4.78, 5) is 26.1. The van der Waals surface area contributed by atoms with Gasteiger partial charge < -0.3 is 9.47 Å². The molecule has 0 aliphatic rings. The van der Waals surface area contributed by atoms with Crippen molar-refractivity contribution in [2.24, 2.45) is 0 Å². The summed E-state index contributed by atoms with van der Waals surface area (Å²) >= 11 is 0. The molecule has 0 atom stereocenters. The van der Waals surface area contributed by atoms with E-state index in [1.807, 2.05) is 0 Å². The van der Waals surface area contributed by atoms with Gasteiger partial charge in [-0.1, -0.05) is 0 Å². The lowest BCUT2D eigenvalue weighted by molar-refractivity contribution is -0.145. The number of carbonyl (C=O) groups excluding carboxylic acids is 2. The van der Waals surface area contributed by atoms with Crippen LogP contribution >= 0.6 is 0 Å². The number of rotatable bonds is 5. The van der Waals surface area contributed by atoms with E-state index in [2.05, 4.69) is 4.98 Å². The van der Waals surface area contributed by atoms with Crippen LogP contribution in [0.5, 0.6) is 5.75 Å². The Morgan fingerprint density at radius 1 is 1.44 bits per heavy atom. The van der Waals surface area contributed by atoms with Crippen LogP contribution in [0.4, 0.5) is 0 Å². The Kier molecular flexibility index (Phi) is 4.44. The van der Waals surface area contributed by atoms with Crippen molar-refractivity contribution < 1.29 is 19.1 Å². The van der Waals surface area contributed by atoms with Crippen LogP contribution in [0.25, 0.3) is 0 Å². The molecule has 5 nitrogen and oxygen atoms in total. The van der Waals surface area contributed by atoms with Crippen LogP contribution in [-0.4, -0.2) is 30.0 Å². The van der Waals surface area contributed by atoms with Gasteiger partial charge in [-0.3, -0.25) is 9.78 Å². The van der Waals surface area contributed by atoms with Crippen LogP contribution in [0, 0.1) is 0 Å². The predicted octanol–water partition coefficient (Wildman–Crippen LogP) is 1.23. The highest BCUT2D eigenvalue weighted by atomic mass is 16.6. The molecule has 0 fully saturated rings. The normalized spacial score (nSPS) is 9.62. The summed E-state index contributed by atoms with van der Waals surface area (Å²) < 4.78 is 9.85. The van der Waals surface area contributed by atoms with Crippen LogP contribution in [0.15, 0.2) is 18.5 Å². The molecule has 0 bridgehead atoms. The first kappa shape index (κ1) is 12.2. The predicted molar refractivity (Wildman–Crippen MR) is 56.4 cm³/mol. The molecule has 0 N–H and O–H groups in total. The zero-order chi connectivity index (χ0) is 12.0. The summed E-state index contributed by atoms with van der Waals surface area (Å²) in [6.45, 7) is 3.21. The fraction of sp³-hybridized carbons (Fsp3) is 0.364. The Balaban J connectivity index is 2.66. The van der Waals surface area contributed by atoms with E-state index in [1.165, 1.54) is 19.3 Å².